The monoisotopic (exact) mass is 347 g/mol. The fourth-order valence-corrected chi connectivity index (χ4v) is 2.36. The van der Waals surface area contributed by atoms with Crippen molar-refractivity contribution in [2.24, 2.45) is 0 Å². The average Bonchev–Trinajstić information content (AvgIpc) is 2.51. The molecule has 0 radical (unpaired) electrons. The summed E-state index contributed by atoms with van der Waals surface area (Å²) in [5, 5.41) is 6.15. The Kier molecular flexibility index (Phi) is 5.75. The topological polar surface area (TPSA) is 54.0 Å². The molecule has 0 bridgehead atoms. The Hall–Kier alpha value is -1.88. The van der Waals surface area contributed by atoms with Crippen molar-refractivity contribution in [3.05, 3.63) is 58.3 Å². The van der Waals surface area contributed by atoms with Gasteiger partial charge in [-0.2, -0.15) is 0 Å². The number of carbonyl (C=O) groups excluding carboxylic acids is 1. The van der Waals surface area contributed by atoms with E-state index in [2.05, 4.69) is 38.5 Å². The quantitative estimate of drug-likeness (QED) is 0.839. The van der Waals surface area contributed by atoms with Gasteiger partial charge in [-0.25, -0.2) is 0 Å². The molecule has 0 saturated heterocycles. The predicted molar refractivity (Wildman–Crippen MR) is 88.3 cm³/mol. The van der Waals surface area contributed by atoms with Crippen LogP contribution in [0.2, 0.25) is 0 Å². The van der Waals surface area contributed by atoms with E-state index in [1.54, 1.807) is 18.5 Å². The van der Waals surface area contributed by atoms with Crippen molar-refractivity contribution in [1.29, 1.82) is 0 Å². The standard InChI is InChI=1S/C16H18BrN3O/c1-2-7-19-15-11-18-8-6-14(15)16(21)20-10-12-4-3-5-13(17)9-12/h3-6,8-9,11,19H,2,7,10H2,1H3,(H,20,21). The summed E-state index contributed by atoms with van der Waals surface area (Å²) in [5.74, 6) is -0.101. The fourth-order valence-electron chi connectivity index (χ4n) is 1.92. The van der Waals surface area contributed by atoms with Crippen molar-refractivity contribution in [2.75, 3.05) is 11.9 Å². The summed E-state index contributed by atoms with van der Waals surface area (Å²) >= 11 is 3.42. The van der Waals surface area contributed by atoms with Crippen LogP contribution in [0.25, 0.3) is 0 Å². The van der Waals surface area contributed by atoms with Gasteiger partial charge >= 0.3 is 0 Å². The Morgan fingerprint density at radius 2 is 2.19 bits per heavy atom. The zero-order valence-electron chi connectivity index (χ0n) is 11.9. The summed E-state index contributed by atoms with van der Waals surface area (Å²) in [6, 6.07) is 9.61. The van der Waals surface area contributed by atoms with Gasteiger partial charge in [0.2, 0.25) is 0 Å². The molecular weight excluding hydrogens is 330 g/mol. The smallest absolute Gasteiger partial charge is 0.253 e. The molecule has 4 nitrogen and oxygen atoms in total. The molecular formula is C16H18BrN3O. The first-order chi connectivity index (χ1) is 10.2. The first kappa shape index (κ1) is 15.5. The molecule has 0 spiro atoms. The number of nitrogens with zero attached hydrogens (tertiary/aromatic N) is 1. The summed E-state index contributed by atoms with van der Waals surface area (Å²) in [7, 11) is 0. The van der Waals surface area contributed by atoms with Crippen LogP contribution >= 0.6 is 15.9 Å². The highest BCUT2D eigenvalue weighted by Crippen LogP contribution is 2.14. The van der Waals surface area contributed by atoms with Crippen LogP contribution in [0.5, 0.6) is 0 Å². The number of hydrogen-bond donors (Lipinski definition) is 2. The van der Waals surface area contributed by atoms with Crippen LogP contribution < -0.4 is 10.6 Å². The molecule has 1 aromatic carbocycles. The molecule has 0 atom stereocenters. The zero-order valence-corrected chi connectivity index (χ0v) is 13.5. The highest BCUT2D eigenvalue weighted by Gasteiger charge is 2.10. The van der Waals surface area contributed by atoms with Crippen molar-refractivity contribution < 1.29 is 4.79 Å². The summed E-state index contributed by atoms with van der Waals surface area (Å²) < 4.78 is 1.00. The molecule has 0 aliphatic heterocycles. The van der Waals surface area contributed by atoms with E-state index < -0.39 is 0 Å². The number of rotatable bonds is 6. The van der Waals surface area contributed by atoms with E-state index >= 15 is 0 Å². The van der Waals surface area contributed by atoms with Gasteiger partial charge in [0.05, 0.1) is 17.4 Å². The van der Waals surface area contributed by atoms with Crippen LogP contribution in [0.3, 0.4) is 0 Å². The van der Waals surface area contributed by atoms with Crippen molar-refractivity contribution in [3.8, 4) is 0 Å². The van der Waals surface area contributed by atoms with Crippen molar-refractivity contribution in [2.45, 2.75) is 19.9 Å². The Balaban J connectivity index is 2.03. The number of amides is 1. The molecule has 1 heterocycles. The molecule has 1 amide bonds. The average molecular weight is 348 g/mol. The van der Waals surface area contributed by atoms with E-state index in [1.807, 2.05) is 24.3 Å². The number of hydrogen-bond acceptors (Lipinski definition) is 3. The van der Waals surface area contributed by atoms with E-state index in [1.165, 1.54) is 0 Å². The molecule has 0 fully saturated rings. The fraction of sp³-hybridized carbons (Fsp3) is 0.250. The molecule has 0 saturated carbocycles. The third kappa shape index (κ3) is 4.56. The SMILES string of the molecule is CCCNc1cnccc1C(=O)NCc1cccc(Br)c1. The molecule has 21 heavy (non-hydrogen) atoms. The molecule has 110 valence electrons. The maximum atomic E-state index is 12.3. The first-order valence-corrected chi connectivity index (χ1v) is 7.70. The van der Waals surface area contributed by atoms with Crippen LogP contribution in [0, 0.1) is 0 Å². The van der Waals surface area contributed by atoms with E-state index in [0.29, 0.717) is 12.1 Å². The second-order valence-corrected chi connectivity index (χ2v) is 5.58. The Morgan fingerprint density at radius 3 is 2.95 bits per heavy atom. The minimum absolute atomic E-state index is 0.101. The van der Waals surface area contributed by atoms with E-state index in [-0.39, 0.29) is 5.91 Å². The van der Waals surface area contributed by atoms with Gasteiger partial charge in [-0.1, -0.05) is 35.0 Å². The lowest BCUT2D eigenvalue weighted by Gasteiger charge is -2.11. The number of carbonyl (C=O) groups is 1. The highest BCUT2D eigenvalue weighted by atomic mass is 79.9. The number of halogens is 1. The van der Waals surface area contributed by atoms with E-state index in [0.717, 1.165) is 28.7 Å². The Morgan fingerprint density at radius 1 is 1.33 bits per heavy atom. The van der Waals surface area contributed by atoms with Gasteiger partial charge in [0.1, 0.15) is 0 Å². The summed E-state index contributed by atoms with van der Waals surface area (Å²) in [6.07, 6.45) is 4.31. The largest absolute Gasteiger partial charge is 0.383 e. The summed E-state index contributed by atoms with van der Waals surface area (Å²) in [4.78, 5) is 16.4. The van der Waals surface area contributed by atoms with Crippen molar-refractivity contribution in [1.82, 2.24) is 10.3 Å². The second-order valence-electron chi connectivity index (χ2n) is 4.66. The van der Waals surface area contributed by atoms with Crippen LogP contribution in [-0.2, 0) is 6.54 Å². The summed E-state index contributed by atoms with van der Waals surface area (Å²) in [6.45, 7) is 3.39. The third-order valence-corrected chi connectivity index (χ3v) is 3.47. The molecule has 0 aliphatic rings. The molecule has 5 heteroatoms. The van der Waals surface area contributed by atoms with Crippen LogP contribution in [-0.4, -0.2) is 17.4 Å². The lowest BCUT2D eigenvalue weighted by atomic mass is 10.2. The van der Waals surface area contributed by atoms with Gasteiger partial charge in [0.25, 0.3) is 5.91 Å². The molecule has 2 N–H and O–H groups in total. The van der Waals surface area contributed by atoms with Gasteiger partial charge in [0, 0.05) is 23.8 Å². The highest BCUT2D eigenvalue weighted by molar-refractivity contribution is 9.10. The zero-order chi connectivity index (χ0) is 15.1. The van der Waals surface area contributed by atoms with Gasteiger partial charge in [-0.15, -0.1) is 0 Å². The molecule has 2 aromatic rings. The maximum Gasteiger partial charge on any atom is 0.253 e. The van der Waals surface area contributed by atoms with Crippen LogP contribution in [0.4, 0.5) is 5.69 Å². The second kappa shape index (κ2) is 7.78. The summed E-state index contributed by atoms with van der Waals surface area (Å²) in [5.41, 5.74) is 2.44. The van der Waals surface area contributed by atoms with Crippen LogP contribution in [0.15, 0.2) is 47.2 Å². The van der Waals surface area contributed by atoms with Gasteiger partial charge < -0.3 is 10.6 Å². The Labute approximate surface area is 133 Å². The minimum atomic E-state index is -0.101. The van der Waals surface area contributed by atoms with Crippen LogP contribution in [0.1, 0.15) is 29.3 Å². The normalized spacial score (nSPS) is 10.2. The first-order valence-electron chi connectivity index (χ1n) is 6.91. The van der Waals surface area contributed by atoms with Crippen molar-refractivity contribution in [3.63, 3.8) is 0 Å². The Bertz CT molecular complexity index is 616. The number of aromatic nitrogens is 1. The van der Waals surface area contributed by atoms with Crippen molar-refractivity contribution >= 4 is 27.5 Å². The van der Waals surface area contributed by atoms with Gasteiger partial charge in [0.15, 0.2) is 0 Å². The predicted octanol–water partition coefficient (Wildman–Crippen LogP) is 3.60. The molecule has 2 rings (SSSR count). The van der Waals surface area contributed by atoms with Gasteiger partial charge in [-0.05, 0) is 30.2 Å². The van der Waals surface area contributed by atoms with E-state index in [9.17, 15) is 4.79 Å². The number of benzene rings is 1. The number of anilines is 1. The molecule has 0 aliphatic carbocycles. The third-order valence-electron chi connectivity index (χ3n) is 2.97. The number of pyridine rings is 1. The number of nitrogens with one attached hydrogen (secondary N) is 2. The lowest BCUT2D eigenvalue weighted by Crippen LogP contribution is -2.24. The lowest BCUT2D eigenvalue weighted by molar-refractivity contribution is 0.0951. The minimum Gasteiger partial charge on any atom is -0.383 e. The van der Waals surface area contributed by atoms with Gasteiger partial charge in [-0.3, -0.25) is 9.78 Å². The molecule has 1 aromatic heterocycles. The molecule has 0 unspecified atom stereocenters. The van der Waals surface area contributed by atoms with E-state index in [4.69, 9.17) is 0 Å². The maximum absolute atomic E-state index is 12.3.